The Morgan fingerprint density at radius 1 is 1.17 bits per heavy atom. The molecule has 2 rings (SSSR count). The smallest absolute Gasteiger partial charge is 0.251 e. The van der Waals surface area contributed by atoms with Crippen molar-refractivity contribution in [2.45, 2.75) is 12.5 Å². The maximum atomic E-state index is 12.5. The number of terminal acetylenes is 1. The molecule has 0 fully saturated rings. The maximum absolute atomic E-state index is 12.5. The highest BCUT2D eigenvalue weighted by atomic mass is 32.2. The van der Waals surface area contributed by atoms with Crippen LogP contribution in [0.25, 0.3) is 0 Å². The Morgan fingerprint density at radius 2 is 1.88 bits per heavy atom. The Hall–Kier alpha value is -2.78. The van der Waals surface area contributed by atoms with Crippen molar-refractivity contribution < 1.29 is 13.2 Å². The second-order valence-corrected chi connectivity index (χ2v) is 7.05. The number of carbonyl (C=O) groups is 1. The lowest BCUT2D eigenvalue weighted by Crippen LogP contribution is -2.28. The van der Waals surface area contributed by atoms with Gasteiger partial charge in [-0.25, -0.2) is 8.42 Å². The molecule has 2 N–H and O–H groups in total. The lowest BCUT2D eigenvalue weighted by molar-refractivity contribution is 0.0937. The molecule has 0 aliphatic carbocycles. The van der Waals surface area contributed by atoms with Crippen molar-refractivity contribution in [1.29, 1.82) is 0 Å². The summed E-state index contributed by atoms with van der Waals surface area (Å²) < 4.78 is 24.9. The van der Waals surface area contributed by atoms with Crippen LogP contribution in [-0.4, -0.2) is 20.6 Å². The molecule has 0 spiro atoms. The molecule has 0 bridgehead atoms. The number of rotatable bonds is 6. The molecule has 0 heterocycles. The predicted octanol–water partition coefficient (Wildman–Crippen LogP) is 2.55. The predicted molar refractivity (Wildman–Crippen MR) is 95.0 cm³/mol. The molecule has 2 aromatic rings. The molecule has 0 unspecified atom stereocenters. The molecule has 1 amide bonds. The van der Waals surface area contributed by atoms with Gasteiger partial charge in [-0.1, -0.05) is 36.4 Å². The summed E-state index contributed by atoms with van der Waals surface area (Å²) in [6.07, 6.45) is 6.81. The summed E-state index contributed by atoms with van der Waals surface area (Å²) >= 11 is 0. The van der Waals surface area contributed by atoms with Crippen LogP contribution in [0, 0.1) is 12.3 Å². The Balaban J connectivity index is 2.19. The minimum atomic E-state index is -3.40. The Labute approximate surface area is 142 Å². The van der Waals surface area contributed by atoms with Crippen molar-refractivity contribution in [2.24, 2.45) is 0 Å². The molecule has 0 aliphatic heterocycles. The average Bonchev–Trinajstić information content (AvgIpc) is 2.54. The Kier molecular flexibility index (Phi) is 5.61. The topological polar surface area (TPSA) is 75.3 Å². The number of amides is 1. The molecular formula is C18H18N2O3S. The van der Waals surface area contributed by atoms with E-state index >= 15 is 0 Å². The molecule has 0 aliphatic rings. The number of anilines is 1. The summed E-state index contributed by atoms with van der Waals surface area (Å²) in [4.78, 5) is 12.5. The molecule has 0 radical (unpaired) electrons. The summed E-state index contributed by atoms with van der Waals surface area (Å²) in [5, 5.41) is 2.88. The molecule has 124 valence electrons. The van der Waals surface area contributed by atoms with Gasteiger partial charge in [0.1, 0.15) is 0 Å². The van der Waals surface area contributed by atoms with Crippen LogP contribution >= 0.6 is 0 Å². The molecule has 24 heavy (non-hydrogen) atoms. The van der Waals surface area contributed by atoms with Gasteiger partial charge in [-0.15, -0.1) is 12.3 Å². The van der Waals surface area contributed by atoms with Crippen LogP contribution in [0.1, 0.15) is 28.4 Å². The fourth-order valence-electron chi connectivity index (χ4n) is 2.23. The summed E-state index contributed by atoms with van der Waals surface area (Å²) in [5.41, 5.74) is 1.59. The van der Waals surface area contributed by atoms with Crippen molar-refractivity contribution in [3.8, 4) is 12.3 Å². The van der Waals surface area contributed by atoms with Gasteiger partial charge in [-0.3, -0.25) is 9.52 Å². The van der Waals surface area contributed by atoms with Gasteiger partial charge in [0.15, 0.2) is 0 Å². The molecule has 1 atom stereocenters. The fraction of sp³-hybridized carbons (Fsp3) is 0.167. The van der Waals surface area contributed by atoms with Crippen LogP contribution < -0.4 is 10.0 Å². The third-order valence-electron chi connectivity index (χ3n) is 3.26. The quantitative estimate of drug-likeness (QED) is 0.792. The maximum Gasteiger partial charge on any atom is 0.251 e. The van der Waals surface area contributed by atoms with E-state index in [0.717, 1.165) is 11.8 Å². The molecule has 0 saturated heterocycles. The van der Waals surface area contributed by atoms with Crippen LogP contribution in [0.15, 0.2) is 54.6 Å². The van der Waals surface area contributed by atoms with Crippen molar-refractivity contribution >= 4 is 21.6 Å². The van der Waals surface area contributed by atoms with Crippen LogP contribution in [-0.2, 0) is 10.0 Å². The lowest BCUT2D eigenvalue weighted by atomic mass is 10.0. The van der Waals surface area contributed by atoms with Gasteiger partial charge in [0.2, 0.25) is 10.0 Å². The molecule has 2 aromatic carbocycles. The van der Waals surface area contributed by atoms with Crippen LogP contribution in [0.5, 0.6) is 0 Å². The van der Waals surface area contributed by atoms with E-state index in [9.17, 15) is 13.2 Å². The minimum absolute atomic E-state index is 0.310. The summed E-state index contributed by atoms with van der Waals surface area (Å²) in [6.45, 7) is 0. The number of sulfonamides is 1. The first kappa shape index (κ1) is 17.6. The van der Waals surface area contributed by atoms with E-state index in [1.54, 1.807) is 18.2 Å². The van der Waals surface area contributed by atoms with Crippen molar-refractivity contribution in [3.63, 3.8) is 0 Å². The summed E-state index contributed by atoms with van der Waals surface area (Å²) in [7, 11) is -3.40. The minimum Gasteiger partial charge on any atom is -0.344 e. The summed E-state index contributed by atoms with van der Waals surface area (Å²) in [5.74, 6) is 2.24. The molecule has 6 heteroatoms. The number of hydrogen-bond donors (Lipinski definition) is 2. The number of hydrogen-bond acceptors (Lipinski definition) is 3. The number of nitrogens with one attached hydrogen (secondary N) is 2. The molecular weight excluding hydrogens is 324 g/mol. The standard InChI is InChI=1S/C18H18N2O3S/c1-3-8-17(14-9-5-4-6-10-14)19-18(21)15-11-7-12-16(13-15)20-24(2,22)23/h1,4-7,9-13,17,20H,8H2,2H3,(H,19,21)/t17-/m0/s1. The van der Waals surface area contributed by atoms with E-state index in [0.29, 0.717) is 17.7 Å². The van der Waals surface area contributed by atoms with E-state index in [-0.39, 0.29) is 11.9 Å². The van der Waals surface area contributed by atoms with E-state index in [2.05, 4.69) is 16.0 Å². The normalized spacial score (nSPS) is 12.0. The van der Waals surface area contributed by atoms with Crippen molar-refractivity contribution in [3.05, 3.63) is 65.7 Å². The first-order valence-electron chi connectivity index (χ1n) is 7.26. The van der Waals surface area contributed by atoms with Gasteiger partial charge in [-0.2, -0.15) is 0 Å². The largest absolute Gasteiger partial charge is 0.344 e. The highest BCUT2D eigenvalue weighted by Crippen LogP contribution is 2.18. The van der Waals surface area contributed by atoms with Crippen molar-refractivity contribution in [1.82, 2.24) is 5.32 Å². The van der Waals surface area contributed by atoms with Gasteiger partial charge in [0.05, 0.1) is 12.3 Å². The lowest BCUT2D eigenvalue weighted by Gasteiger charge is -2.17. The molecule has 0 saturated carbocycles. The molecule has 0 aromatic heterocycles. The third-order valence-corrected chi connectivity index (χ3v) is 3.86. The number of benzene rings is 2. The molecule has 5 nitrogen and oxygen atoms in total. The Bertz CT molecular complexity index is 855. The highest BCUT2D eigenvalue weighted by molar-refractivity contribution is 7.92. The van der Waals surface area contributed by atoms with Crippen molar-refractivity contribution in [2.75, 3.05) is 11.0 Å². The Morgan fingerprint density at radius 3 is 2.50 bits per heavy atom. The zero-order valence-electron chi connectivity index (χ0n) is 13.2. The monoisotopic (exact) mass is 342 g/mol. The van der Waals surface area contributed by atoms with E-state index in [4.69, 9.17) is 6.42 Å². The average molecular weight is 342 g/mol. The van der Waals surface area contributed by atoms with E-state index in [1.807, 2.05) is 30.3 Å². The fourth-order valence-corrected chi connectivity index (χ4v) is 2.79. The second-order valence-electron chi connectivity index (χ2n) is 5.30. The van der Waals surface area contributed by atoms with Crippen LogP contribution in [0.4, 0.5) is 5.69 Å². The highest BCUT2D eigenvalue weighted by Gasteiger charge is 2.15. The second kappa shape index (κ2) is 7.66. The van der Waals surface area contributed by atoms with E-state index in [1.165, 1.54) is 6.07 Å². The number of carbonyl (C=O) groups excluding carboxylic acids is 1. The first-order chi connectivity index (χ1) is 11.4. The van der Waals surface area contributed by atoms with Gasteiger partial charge in [0.25, 0.3) is 5.91 Å². The van der Waals surface area contributed by atoms with Gasteiger partial charge in [-0.05, 0) is 23.8 Å². The van der Waals surface area contributed by atoms with Gasteiger partial charge in [0, 0.05) is 17.7 Å². The van der Waals surface area contributed by atoms with E-state index < -0.39 is 10.0 Å². The zero-order chi connectivity index (χ0) is 17.6. The third kappa shape index (κ3) is 5.14. The first-order valence-corrected chi connectivity index (χ1v) is 9.15. The zero-order valence-corrected chi connectivity index (χ0v) is 14.0. The van der Waals surface area contributed by atoms with Gasteiger partial charge >= 0.3 is 0 Å². The van der Waals surface area contributed by atoms with Gasteiger partial charge < -0.3 is 5.32 Å². The SMILES string of the molecule is C#CC[C@H](NC(=O)c1cccc(NS(C)(=O)=O)c1)c1ccccc1. The van der Waals surface area contributed by atoms with Crippen LogP contribution in [0.2, 0.25) is 0 Å². The summed E-state index contributed by atoms with van der Waals surface area (Å²) in [6, 6.07) is 15.4. The van der Waals surface area contributed by atoms with Crippen LogP contribution in [0.3, 0.4) is 0 Å².